The minimum absolute atomic E-state index is 0.000452. The van der Waals surface area contributed by atoms with Gasteiger partial charge in [0.25, 0.3) is 5.91 Å². The molecular weight excluding hydrogens is 384 g/mol. The third-order valence-corrected chi connectivity index (χ3v) is 5.99. The Bertz CT molecular complexity index is 813. The quantitative estimate of drug-likeness (QED) is 0.514. The largest absolute Gasteiger partial charge is 0.452 e. The summed E-state index contributed by atoms with van der Waals surface area (Å²) in [6.07, 6.45) is 1.91. The van der Waals surface area contributed by atoms with E-state index in [1.54, 1.807) is 4.90 Å². The van der Waals surface area contributed by atoms with Gasteiger partial charge in [-0.1, -0.05) is 12.1 Å². The molecule has 154 valence electrons. The molecule has 0 spiro atoms. The predicted molar refractivity (Wildman–Crippen MR) is 102 cm³/mol. The van der Waals surface area contributed by atoms with Crippen LogP contribution >= 0.6 is 0 Å². The Morgan fingerprint density at radius 3 is 2.29 bits per heavy atom. The number of carbonyl (C=O) groups is 3. The smallest absolute Gasteiger partial charge is 0.307 e. The molecule has 9 heteroatoms. The molecule has 1 heterocycles. The molecule has 1 aromatic carbocycles. The second kappa shape index (κ2) is 9.79. The Labute approximate surface area is 165 Å². The first kappa shape index (κ1) is 22.0. The van der Waals surface area contributed by atoms with Gasteiger partial charge in [0, 0.05) is 25.2 Å². The second-order valence-corrected chi connectivity index (χ2v) is 8.51. The maximum atomic E-state index is 12.2. The highest BCUT2D eigenvalue weighted by Crippen LogP contribution is 2.12. The van der Waals surface area contributed by atoms with Gasteiger partial charge in [0.1, 0.15) is 0 Å². The van der Waals surface area contributed by atoms with E-state index in [1.165, 1.54) is 38.1 Å². The van der Waals surface area contributed by atoms with E-state index < -0.39 is 22.1 Å². The van der Waals surface area contributed by atoms with Crippen LogP contribution in [0.25, 0.3) is 0 Å². The molecule has 28 heavy (non-hydrogen) atoms. The van der Waals surface area contributed by atoms with Crippen molar-refractivity contribution in [2.45, 2.75) is 50.5 Å². The zero-order chi connectivity index (χ0) is 20.7. The average Bonchev–Trinajstić information content (AvgIpc) is 2.67. The molecule has 0 aromatic heterocycles. The van der Waals surface area contributed by atoms with Crippen molar-refractivity contribution in [3.63, 3.8) is 0 Å². The maximum Gasteiger partial charge on any atom is 0.307 e. The molecule has 1 unspecified atom stereocenters. The third-order valence-electron chi connectivity index (χ3n) is 4.52. The molecule has 1 fully saturated rings. The van der Waals surface area contributed by atoms with Crippen molar-refractivity contribution < 1.29 is 27.5 Å². The molecule has 2 rings (SSSR count). The van der Waals surface area contributed by atoms with Crippen LogP contribution in [-0.4, -0.2) is 56.7 Å². The fourth-order valence-corrected chi connectivity index (χ4v) is 3.95. The molecule has 1 aromatic rings. The van der Waals surface area contributed by atoms with Crippen LogP contribution in [0.15, 0.2) is 29.2 Å². The van der Waals surface area contributed by atoms with E-state index in [0.717, 1.165) is 19.3 Å². The number of amides is 1. The normalized spacial score (nSPS) is 15.7. The lowest BCUT2D eigenvalue weighted by atomic mass is 10.1. The summed E-state index contributed by atoms with van der Waals surface area (Å²) in [5, 5.41) is 0. The van der Waals surface area contributed by atoms with Crippen LogP contribution in [0.4, 0.5) is 0 Å². The van der Waals surface area contributed by atoms with Crippen molar-refractivity contribution in [1.82, 2.24) is 9.62 Å². The molecule has 0 saturated carbocycles. The van der Waals surface area contributed by atoms with Gasteiger partial charge in [0.15, 0.2) is 11.9 Å². The molecule has 1 amide bonds. The zero-order valence-corrected chi connectivity index (χ0v) is 17.0. The zero-order valence-electron chi connectivity index (χ0n) is 16.1. The first-order chi connectivity index (χ1) is 13.2. The lowest BCUT2D eigenvalue weighted by molar-refractivity contribution is -0.159. The Morgan fingerprint density at radius 1 is 1.11 bits per heavy atom. The molecule has 1 N–H and O–H groups in total. The Morgan fingerprint density at radius 2 is 1.71 bits per heavy atom. The number of likely N-dealkylation sites (tertiary alicyclic amines) is 1. The highest BCUT2D eigenvalue weighted by molar-refractivity contribution is 7.89. The molecule has 1 atom stereocenters. The number of nitrogens with one attached hydrogen (secondary N) is 1. The number of hydrogen-bond donors (Lipinski definition) is 1. The number of rotatable bonds is 8. The molecule has 1 saturated heterocycles. The number of hydrogen-bond acceptors (Lipinski definition) is 6. The Kier molecular flexibility index (Phi) is 7.70. The van der Waals surface area contributed by atoms with Crippen molar-refractivity contribution in [2.75, 3.05) is 19.6 Å². The van der Waals surface area contributed by atoms with E-state index in [4.69, 9.17) is 4.74 Å². The van der Waals surface area contributed by atoms with Crippen LogP contribution in [0.2, 0.25) is 0 Å². The fraction of sp³-hybridized carbons (Fsp3) is 0.526. The number of benzene rings is 1. The van der Waals surface area contributed by atoms with E-state index in [9.17, 15) is 22.8 Å². The molecule has 0 aliphatic carbocycles. The molecule has 8 nitrogen and oxygen atoms in total. The van der Waals surface area contributed by atoms with E-state index in [1.807, 2.05) is 0 Å². The Hall–Kier alpha value is -2.26. The monoisotopic (exact) mass is 410 g/mol. The molecular formula is C19H26N2O6S. The summed E-state index contributed by atoms with van der Waals surface area (Å²) in [6, 6.07) is 5.52. The van der Waals surface area contributed by atoms with Crippen LogP contribution in [0.5, 0.6) is 0 Å². The van der Waals surface area contributed by atoms with Gasteiger partial charge < -0.3 is 9.64 Å². The van der Waals surface area contributed by atoms with Gasteiger partial charge in [0.2, 0.25) is 10.0 Å². The number of ketones is 1. The van der Waals surface area contributed by atoms with Crippen LogP contribution in [0.3, 0.4) is 0 Å². The number of carbonyl (C=O) groups excluding carboxylic acids is 3. The van der Waals surface area contributed by atoms with Crippen LogP contribution in [-0.2, 0) is 24.3 Å². The second-order valence-electron chi connectivity index (χ2n) is 6.75. The summed E-state index contributed by atoms with van der Waals surface area (Å²) < 4.78 is 31.9. The van der Waals surface area contributed by atoms with E-state index in [2.05, 4.69) is 4.72 Å². The summed E-state index contributed by atoms with van der Waals surface area (Å²) in [5.74, 6) is -1.03. The first-order valence-corrected chi connectivity index (χ1v) is 10.8. The number of ether oxygens (including phenoxy) is 1. The van der Waals surface area contributed by atoms with E-state index >= 15 is 0 Å². The highest BCUT2D eigenvalue weighted by atomic mass is 32.2. The molecule has 0 radical (unpaired) electrons. The minimum Gasteiger partial charge on any atom is -0.452 e. The van der Waals surface area contributed by atoms with Crippen molar-refractivity contribution in [3.05, 3.63) is 29.8 Å². The number of nitrogens with zero attached hydrogens (tertiary/aromatic N) is 1. The molecule has 1 aliphatic heterocycles. The number of Topliss-reactive ketones (excluding diaryl/α,β-unsaturated/α-hetero) is 1. The van der Waals surface area contributed by atoms with Gasteiger partial charge in [-0.3, -0.25) is 14.4 Å². The summed E-state index contributed by atoms with van der Waals surface area (Å²) in [5.41, 5.74) is 0.412. The minimum atomic E-state index is -3.80. The molecule has 0 bridgehead atoms. The van der Waals surface area contributed by atoms with Gasteiger partial charge >= 0.3 is 5.97 Å². The molecule has 1 aliphatic rings. The summed E-state index contributed by atoms with van der Waals surface area (Å²) in [4.78, 5) is 37.1. The SMILES string of the molecule is CC(=O)c1ccc(S(=O)(=O)NCCC(=O)OC(C)C(=O)N2CCCCC2)cc1. The highest BCUT2D eigenvalue weighted by Gasteiger charge is 2.25. The number of piperidine rings is 1. The Balaban J connectivity index is 1.80. The lowest BCUT2D eigenvalue weighted by Crippen LogP contribution is -2.42. The third kappa shape index (κ3) is 6.13. The first-order valence-electron chi connectivity index (χ1n) is 9.29. The van der Waals surface area contributed by atoms with Crippen molar-refractivity contribution in [1.29, 1.82) is 0 Å². The van der Waals surface area contributed by atoms with Gasteiger partial charge in [-0.25, -0.2) is 13.1 Å². The number of esters is 1. The van der Waals surface area contributed by atoms with Crippen LogP contribution in [0.1, 0.15) is 49.9 Å². The number of sulfonamides is 1. The summed E-state index contributed by atoms with van der Waals surface area (Å²) >= 11 is 0. The van der Waals surface area contributed by atoms with E-state index in [-0.39, 0.29) is 29.6 Å². The average molecular weight is 410 g/mol. The predicted octanol–water partition coefficient (Wildman–Crippen LogP) is 1.50. The topological polar surface area (TPSA) is 110 Å². The van der Waals surface area contributed by atoms with Gasteiger partial charge in [-0.05, 0) is 45.2 Å². The van der Waals surface area contributed by atoms with Crippen molar-refractivity contribution >= 4 is 27.7 Å². The van der Waals surface area contributed by atoms with Gasteiger partial charge in [0.05, 0.1) is 11.3 Å². The fourth-order valence-electron chi connectivity index (χ4n) is 2.92. The van der Waals surface area contributed by atoms with Crippen molar-refractivity contribution in [3.8, 4) is 0 Å². The van der Waals surface area contributed by atoms with Crippen molar-refractivity contribution in [2.24, 2.45) is 0 Å². The summed E-state index contributed by atoms with van der Waals surface area (Å²) in [6.45, 7) is 4.10. The van der Waals surface area contributed by atoms with E-state index in [0.29, 0.717) is 18.7 Å². The van der Waals surface area contributed by atoms with Crippen LogP contribution < -0.4 is 4.72 Å². The van der Waals surface area contributed by atoms with Gasteiger partial charge in [-0.15, -0.1) is 0 Å². The maximum absolute atomic E-state index is 12.2. The van der Waals surface area contributed by atoms with Gasteiger partial charge in [-0.2, -0.15) is 0 Å². The lowest BCUT2D eigenvalue weighted by Gasteiger charge is -2.28. The van der Waals surface area contributed by atoms with Crippen LogP contribution in [0, 0.1) is 0 Å². The standard InChI is InChI=1S/C19H26N2O6S/c1-14(22)16-6-8-17(9-7-16)28(25,26)20-11-10-18(23)27-15(2)19(24)21-12-4-3-5-13-21/h6-9,15,20H,3-5,10-13H2,1-2H3. The summed E-state index contributed by atoms with van der Waals surface area (Å²) in [7, 11) is -3.80.